The van der Waals surface area contributed by atoms with Crippen LogP contribution in [-0.4, -0.2) is 39.8 Å². The average molecular weight is 140 g/mol. The SMILES string of the molecule is COB/C(C=N)=C/N(C)C. The standard InChI is InChI=1S/C6H13BN2O/c1-9(2)5-6(4-8)7-10-3/h4-5,7-8H,1-3H3/b6-5+,8-4?. The van der Waals surface area contributed by atoms with Crippen molar-refractivity contribution in [2.75, 3.05) is 21.2 Å². The third kappa shape index (κ3) is 4.15. The van der Waals surface area contributed by atoms with Gasteiger partial charge in [0.1, 0.15) is 0 Å². The van der Waals surface area contributed by atoms with Crippen molar-refractivity contribution in [3.05, 3.63) is 11.7 Å². The van der Waals surface area contributed by atoms with Crippen LogP contribution in [-0.2, 0) is 4.65 Å². The summed E-state index contributed by atoms with van der Waals surface area (Å²) in [7, 11) is 5.95. The van der Waals surface area contributed by atoms with E-state index in [4.69, 9.17) is 10.1 Å². The second kappa shape index (κ2) is 5.05. The van der Waals surface area contributed by atoms with E-state index in [1.165, 1.54) is 6.21 Å². The van der Waals surface area contributed by atoms with Crippen molar-refractivity contribution in [1.82, 2.24) is 4.90 Å². The van der Waals surface area contributed by atoms with Gasteiger partial charge in [0.25, 0.3) is 0 Å². The van der Waals surface area contributed by atoms with E-state index in [1.54, 1.807) is 7.11 Å². The normalized spacial score (nSPS) is 10.9. The molecule has 0 aliphatic heterocycles. The van der Waals surface area contributed by atoms with E-state index in [2.05, 4.69) is 0 Å². The monoisotopic (exact) mass is 140 g/mol. The van der Waals surface area contributed by atoms with Crippen molar-refractivity contribution in [3.63, 3.8) is 0 Å². The zero-order chi connectivity index (χ0) is 7.98. The lowest BCUT2D eigenvalue weighted by molar-refractivity contribution is 0.447. The van der Waals surface area contributed by atoms with Gasteiger partial charge >= 0.3 is 7.48 Å². The van der Waals surface area contributed by atoms with E-state index in [9.17, 15) is 0 Å². The predicted molar refractivity (Wildman–Crippen MR) is 44.7 cm³/mol. The highest BCUT2D eigenvalue weighted by molar-refractivity contribution is 6.45. The van der Waals surface area contributed by atoms with Crippen LogP contribution in [0.1, 0.15) is 0 Å². The molecule has 0 radical (unpaired) electrons. The molecule has 0 unspecified atom stereocenters. The van der Waals surface area contributed by atoms with Crippen molar-refractivity contribution < 1.29 is 4.65 Å². The summed E-state index contributed by atoms with van der Waals surface area (Å²) in [5.74, 6) is 0. The Morgan fingerprint density at radius 1 is 1.60 bits per heavy atom. The zero-order valence-electron chi connectivity index (χ0n) is 6.72. The summed E-state index contributed by atoms with van der Waals surface area (Å²) in [6, 6.07) is 0. The molecule has 4 heteroatoms. The number of allylic oxidation sites excluding steroid dienone is 1. The Morgan fingerprint density at radius 3 is 2.50 bits per heavy atom. The molecular formula is C6H13BN2O. The van der Waals surface area contributed by atoms with E-state index in [0.717, 1.165) is 5.47 Å². The number of rotatable bonds is 4. The molecule has 1 N–H and O–H groups in total. The van der Waals surface area contributed by atoms with E-state index in [-0.39, 0.29) is 0 Å². The first-order valence-corrected chi connectivity index (χ1v) is 3.07. The Labute approximate surface area is 62.5 Å². The largest absolute Gasteiger partial charge is 0.437 e. The Hall–Kier alpha value is -0.765. The fourth-order valence-corrected chi connectivity index (χ4v) is 0.615. The summed E-state index contributed by atoms with van der Waals surface area (Å²) >= 11 is 0. The van der Waals surface area contributed by atoms with E-state index >= 15 is 0 Å². The molecule has 56 valence electrons. The van der Waals surface area contributed by atoms with Crippen molar-refractivity contribution in [2.45, 2.75) is 0 Å². The first-order valence-electron chi connectivity index (χ1n) is 3.07. The lowest BCUT2D eigenvalue weighted by Crippen LogP contribution is -2.08. The minimum Gasteiger partial charge on any atom is -0.437 e. The molecule has 0 heterocycles. The van der Waals surface area contributed by atoms with Crippen molar-refractivity contribution in [1.29, 1.82) is 5.41 Å². The molecule has 10 heavy (non-hydrogen) atoms. The first kappa shape index (κ1) is 9.23. The minimum absolute atomic E-state index is 0.502. The lowest BCUT2D eigenvalue weighted by atomic mass is 9.89. The van der Waals surface area contributed by atoms with Gasteiger partial charge < -0.3 is 15.0 Å². The van der Waals surface area contributed by atoms with Gasteiger partial charge in [0, 0.05) is 27.4 Å². The third-order valence-corrected chi connectivity index (χ3v) is 0.920. The van der Waals surface area contributed by atoms with Crippen molar-refractivity contribution >= 4 is 13.7 Å². The summed E-state index contributed by atoms with van der Waals surface area (Å²) in [6.07, 6.45) is 3.15. The highest BCUT2D eigenvalue weighted by Crippen LogP contribution is 1.88. The Balaban J connectivity index is 3.90. The first-order chi connectivity index (χ1) is 4.70. The smallest absolute Gasteiger partial charge is 0.311 e. The van der Waals surface area contributed by atoms with Crippen LogP contribution in [0.5, 0.6) is 0 Å². The molecule has 0 aromatic carbocycles. The van der Waals surface area contributed by atoms with Crippen LogP contribution in [0.25, 0.3) is 0 Å². The second-order valence-electron chi connectivity index (χ2n) is 2.24. The summed E-state index contributed by atoms with van der Waals surface area (Å²) in [4.78, 5) is 1.89. The quantitative estimate of drug-likeness (QED) is 0.442. The lowest BCUT2D eigenvalue weighted by Gasteiger charge is -2.05. The second-order valence-corrected chi connectivity index (χ2v) is 2.24. The highest BCUT2D eigenvalue weighted by atomic mass is 16.4. The molecule has 0 spiro atoms. The fourth-order valence-electron chi connectivity index (χ4n) is 0.615. The van der Waals surface area contributed by atoms with Crippen molar-refractivity contribution in [3.8, 4) is 0 Å². The van der Waals surface area contributed by atoms with Crippen LogP contribution in [0.2, 0.25) is 0 Å². The van der Waals surface area contributed by atoms with E-state index < -0.39 is 0 Å². The predicted octanol–water partition coefficient (Wildman–Crippen LogP) is 0.0369. The number of hydrogen-bond donors (Lipinski definition) is 1. The third-order valence-electron chi connectivity index (χ3n) is 0.920. The van der Waals surface area contributed by atoms with Crippen LogP contribution in [0, 0.1) is 5.41 Å². The Morgan fingerprint density at radius 2 is 2.20 bits per heavy atom. The van der Waals surface area contributed by atoms with Crippen LogP contribution < -0.4 is 0 Å². The van der Waals surface area contributed by atoms with Gasteiger partial charge in [-0.15, -0.1) is 0 Å². The van der Waals surface area contributed by atoms with Gasteiger partial charge in [-0.2, -0.15) is 0 Å². The number of nitrogens with zero attached hydrogens (tertiary/aromatic N) is 1. The molecule has 0 saturated carbocycles. The maximum absolute atomic E-state index is 6.96. The molecule has 3 nitrogen and oxygen atoms in total. The summed E-state index contributed by atoms with van der Waals surface area (Å²) in [5, 5.41) is 6.96. The summed E-state index contributed by atoms with van der Waals surface area (Å²) < 4.78 is 4.85. The maximum atomic E-state index is 6.96. The molecule has 0 saturated heterocycles. The van der Waals surface area contributed by atoms with Gasteiger partial charge in [0.05, 0.1) is 0 Å². The van der Waals surface area contributed by atoms with Gasteiger partial charge in [-0.3, -0.25) is 0 Å². The van der Waals surface area contributed by atoms with Gasteiger partial charge in [-0.05, 0) is 11.7 Å². The molecule has 0 aliphatic rings. The van der Waals surface area contributed by atoms with Gasteiger partial charge in [-0.1, -0.05) is 0 Å². The van der Waals surface area contributed by atoms with Gasteiger partial charge in [0.2, 0.25) is 0 Å². The van der Waals surface area contributed by atoms with Crippen LogP contribution in [0.3, 0.4) is 0 Å². The molecule has 0 fully saturated rings. The van der Waals surface area contributed by atoms with Gasteiger partial charge in [-0.25, -0.2) is 0 Å². The summed E-state index contributed by atoms with van der Waals surface area (Å²) in [5.41, 5.74) is 0.868. The average Bonchev–Trinajstić information content (AvgIpc) is 1.86. The fraction of sp³-hybridized carbons (Fsp3) is 0.500. The van der Waals surface area contributed by atoms with Crippen LogP contribution >= 0.6 is 0 Å². The zero-order valence-corrected chi connectivity index (χ0v) is 6.72. The minimum atomic E-state index is 0.502. The molecule has 0 aromatic heterocycles. The molecule has 0 rings (SSSR count). The number of nitrogens with one attached hydrogen (secondary N) is 1. The molecular weight excluding hydrogens is 127 g/mol. The molecule has 0 bridgehead atoms. The van der Waals surface area contributed by atoms with E-state index in [1.807, 2.05) is 25.2 Å². The Kier molecular flexibility index (Phi) is 4.67. The Bertz CT molecular complexity index is 134. The van der Waals surface area contributed by atoms with E-state index in [0.29, 0.717) is 7.48 Å². The molecule has 0 amide bonds. The molecule has 0 atom stereocenters. The van der Waals surface area contributed by atoms with Crippen LogP contribution in [0.4, 0.5) is 0 Å². The maximum Gasteiger partial charge on any atom is 0.311 e. The molecule has 0 aliphatic carbocycles. The van der Waals surface area contributed by atoms with Crippen molar-refractivity contribution in [2.24, 2.45) is 0 Å². The highest BCUT2D eigenvalue weighted by Gasteiger charge is 1.94. The topological polar surface area (TPSA) is 36.3 Å². The van der Waals surface area contributed by atoms with Gasteiger partial charge in [0.15, 0.2) is 0 Å². The van der Waals surface area contributed by atoms with Crippen LogP contribution in [0.15, 0.2) is 11.7 Å². The molecule has 0 aromatic rings. The summed E-state index contributed by atoms with van der Waals surface area (Å²) in [6.45, 7) is 0. The number of hydrogen-bond acceptors (Lipinski definition) is 3.